The average Bonchev–Trinajstić information content (AvgIpc) is 3.37. The van der Waals surface area contributed by atoms with Crippen molar-refractivity contribution in [1.82, 2.24) is 0 Å². The van der Waals surface area contributed by atoms with Crippen molar-refractivity contribution in [3.05, 3.63) is 59.7 Å². The molecule has 3 nitrogen and oxygen atoms in total. The fourth-order valence-corrected chi connectivity index (χ4v) is 4.40. The van der Waals surface area contributed by atoms with E-state index in [9.17, 15) is 10.2 Å². The average molecular weight is 302 g/mol. The number of fused-ring (bicyclic) bond motifs is 4. The quantitative estimate of drug-likeness (QED) is 0.386. The van der Waals surface area contributed by atoms with E-state index in [1.54, 1.807) is 0 Å². The molecule has 2 aliphatic rings. The number of ether oxygens (including phenoxy) is 1. The number of epoxide rings is 1. The maximum Gasteiger partial charge on any atom is 0.118 e. The van der Waals surface area contributed by atoms with Crippen LogP contribution in [0.3, 0.4) is 0 Å². The SMILES string of the molecule is OC1c2cc3ccc4cccc5ccc(c2C2O[C@@H]2[C@H]1O)c3c45. The van der Waals surface area contributed by atoms with Crippen molar-refractivity contribution >= 4 is 32.3 Å². The predicted molar refractivity (Wildman–Crippen MR) is 88.7 cm³/mol. The van der Waals surface area contributed by atoms with Crippen LogP contribution in [0.25, 0.3) is 32.3 Å². The lowest BCUT2D eigenvalue weighted by molar-refractivity contribution is 0.000163. The minimum Gasteiger partial charge on any atom is -0.387 e. The Balaban J connectivity index is 1.86. The van der Waals surface area contributed by atoms with Gasteiger partial charge in [-0.05, 0) is 49.5 Å². The van der Waals surface area contributed by atoms with Crippen LogP contribution in [0.15, 0.2) is 48.5 Å². The Bertz CT molecular complexity index is 1080. The number of hydrogen-bond acceptors (Lipinski definition) is 3. The summed E-state index contributed by atoms with van der Waals surface area (Å²) in [4.78, 5) is 0. The van der Waals surface area contributed by atoms with Crippen LogP contribution in [0.1, 0.15) is 23.3 Å². The molecule has 1 heterocycles. The van der Waals surface area contributed by atoms with Crippen LogP contribution < -0.4 is 0 Å². The molecule has 3 heteroatoms. The second kappa shape index (κ2) is 3.82. The third kappa shape index (κ3) is 1.36. The van der Waals surface area contributed by atoms with Gasteiger partial charge in [0.1, 0.15) is 24.4 Å². The second-order valence-electron chi connectivity index (χ2n) is 6.69. The summed E-state index contributed by atoms with van der Waals surface area (Å²) in [7, 11) is 0. The largest absolute Gasteiger partial charge is 0.387 e. The topological polar surface area (TPSA) is 53.0 Å². The fraction of sp³-hybridized carbons (Fsp3) is 0.200. The Morgan fingerprint density at radius 1 is 0.826 bits per heavy atom. The summed E-state index contributed by atoms with van der Waals surface area (Å²) < 4.78 is 5.67. The summed E-state index contributed by atoms with van der Waals surface area (Å²) in [6, 6.07) is 16.9. The molecular weight excluding hydrogens is 288 g/mol. The Morgan fingerprint density at radius 3 is 2.39 bits per heavy atom. The van der Waals surface area contributed by atoms with Crippen LogP contribution in [0, 0.1) is 0 Å². The van der Waals surface area contributed by atoms with Crippen molar-refractivity contribution in [2.75, 3.05) is 0 Å². The minimum absolute atomic E-state index is 0.0898. The molecule has 1 aliphatic heterocycles. The molecule has 4 atom stereocenters. The number of aliphatic hydroxyl groups excluding tert-OH is 2. The number of hydrogen-bond donors (Lipinski definition) is 2. The van der Waals surface area contributed by atoms with E-state index in [0.29, 0.717) is 0 Å². The molecule has 6 rings (SSSR count). The van der Waals surface area contributed by atoms with E-state index in [1.165, 1.54) is 21.5 Å². The number of aliphatic hydroxyl groups is 2. The first-order valence-electron chi connectivity index (χ1n) is 7.96. The van der Waals surface area contributed by atoms with Crippen LogP contribution in [0.4, 0.5) is 0 Å². The highest BCUT2D eigenvalue weighted by Gasteiger charge is 2.54. The van der Waals surface area contributed by atoms with E-state index < -0.39 is 12.2 Å². The molecule has 0 saturated carbocycles. The highest BCUT2D eigenvalue weighted by Crippen LogP contribution is 2.54. The van der Waals surface area contributed by atoms with E-state index in [1.807, 2.05) is 6.07 Å². The number of rotatable bonds is 0. The first-order valence-corrected chi connectivity index (χ1v) is 7.96. The molecule has 2 N–H and O–H groups in total. The van der Waals surface area contributed by atoms with E-state index in [-0.39, 0.29) is 12.2 Å². The molecule has 0 bridgehead atoms. The van der Waals surface area contributed by atoms with Crippen molar-refractivity contribution in [1.29, 1.82) is 0 Å². The summed E-state index contributed by atoms with van der Waals surface area (Å²) in [5, 5.41) is 27.8. The van der Waals surface area contributed by atoms with Crippen LogP contribution in [0.5, 0.6) is 0 Å². The molecule has 1 aliphatic carbocycles. The van der Waals surface area contributed by atoms with Crippen LogP contribution in [-0.4, -0.2) is 22.4 Å². The lowest BCUT2D eigenvalue weighted by Gasteiger charge is -2.25. The van der Waals surface area contributed by atoms with Crippen LogP contribution in [-0.2, 0) is 4.74 Å². The zero-order valence-electron chi connectivity index (χ0n) is 12.2. The summed E-state index contributed by atoms with van der Waals surface area (Å²) in [6.45, 7) is 0. The standard InChI is InChI=1S/C20H14O3/c21-17-13-8-11-5-4-9-2-1-3-10-6-7-12(15(11)14(9)10)16(13)19-20(23-19)18(17)22/h1-8,17-22H/t17?,18-,19?,20+/m0/s1. The summed E-state index contributed by atoms with van der Waals surface area (Å²) in [5.41, 5.74) is 1.86. The molecule has 4 aromatic rings. The highest BCUT2D eigenvalue weighted by molar-refractivity contribution is 6.23. The van der Waals surface area contributed by atoms with Gasteiger partial charge < -0.3 is 14.9 Å². The Morgan fingerprint density at radius 2 is 1.57 bits per heavy atom. The fourth-order valence-electron chi connectivity index (χ4n) is 4.40. The van der Waals surface area contributed by atoms with Gasteiger partial charge in [0.2, 0.25) is 0 Å². The Labute approximate surface area is 132 Å². The van der Waals surface area contributed by atoms with Gasteiger partial charge in [0, 0.05) is 0 Å². The third-order valence-corrected chi connectivity index (χ3v) is 5.51. The monoisotopic (exact) mass is 302 g/mol. The van der Waals surface area contributed by atoms with Crippen molar-refractivity contribution in [2.24, 2.45) is 0 Å². The molecule has 1 saturated heterocycles. The molecule has 2 unspecified atom stereocenters. The van der Waals surface area contributed by atoms with Gasteiger partial charge in [-0.3, -0.25) is 0 Å². The van der Waals surface area contributed by atoms with Gasteiger partial charge >= 0.3 is 0 Å². The normalized spacial score (nSPS) is 29.1. The van der Waals surface area contributed by atoms with E-state index in [0.717, 1.165) is 21.9 Å². The summed E-state index contributed by atoms with van der Waals surface area (Å²) >= 11 is 0. The van der Waals surface area contributed by atoms with Gasteiger partial charge in [-0.15, -0.1) is 0 Å². The predicted octanol–water partition coefficient (Wildman–Crippen LogP) is 3.43. The molecule has 0 aromatic heterocycles. The maximum absolute atomic E-state index is 10.5. The van der Waals surface area contributed by atoms with Gasteiger partial charge in [0.15, 0.2) is 0 Å². The third-order valence-electron chi connectivity index (χ3n) is 5.51. The molecular formula is C20H14O3. The minimum atomic E-state index is -0.879. The van der Waals surface area contributed by atoms with E-state index in [4.69, 9.17) is 4.74 Å². The second-order valence-corrected chi connectivity index (χ2v) is 6.69. The van der Waals surface area contributed by atoms with Crippen molar-refractivity contribution in [3.8, 4) is 0 Å². The zero-order valence-corrected chi connectivity index (χ0v) is 12.2. The van der Waals surface area contributed by atoms with Gasteiger partial charge in [-0.1, -0.05) is 42.5 Å². The molecule has 112 valence electrons. The van der Waals surface area contributed by atoms with Crippen molar-refractivity contribution in [3.63, 3.8) is 0 Å². The lowest BCUT2D eigenvalue weighted by atomic mass is 9.81. The van der Waals surface area contributed by atoms with E-state index in [2.05, 4.69) is 42.5 Å². The first-order chi connectivity index (χ1) is 11.2. The van der Waals surface area contributed by atoms with Crippen LogP contribution in [0.2, 0.25) is 0 Å². The molecule has 0 amide bonds. The van der Waals surface area contributed by atoms with Gasteiger partial charge in [0.05, 0.1) is 0 Å². The smallest absolute Gasteiger partial charge is 0.118 e. The van der Waals surface area contributed by atoms with Gasteiger partial charge in [-0.2, -0.15) is 0 Å². The number of benzene rings is 4. The molecule has 0 radical (unpaired) electrons. The molecule has 1 fully saturated rings. The summed E-state index contributed by atoms with van der Waals surface area (Å²) in [5.74, 6) is 0. The van der Waals surface area contributed by atoms with Gasteiger partial charge in [0.25, 0.3) is 0 Å². The molecule has 23 heavy (non-hydrogen) atoms. The Hall–Kier alpha value is -2.20. The molecule has 0 spiro atoms. The highest BCUT2D eigenvalue weighted by atomic mass is 16.6. The summed E-state index contributed by atoms with van der Waals surface area (Å²) in [6.07, 6.45) is -2.07. The maximum atomic E-state index is 10.5. The van der Waals surface area contributed by atoms with Crippen molar-refractivity contribution < 1.29 is 14.9 Å². The molecule has 4 aromatic carbocycles. The lowest BCUT2D eigenvalue weighted by Crippen LogP contribution is -2.29. The Kier molecular flexibility index (Phi) is 2.03. The van der Waals surface area contributed by atoms with E-state index >= 15 is 0 Å². The first kappa shape index (κ1) is 12.3. The van der Waals surface area contributed by atoms with Crippen LogP contribution >= 0.6 is 0 Å². The zero-order chi connectivity index (χ0) is 15.3. The van der Waals surface area contributed by atoms with Crippen molar-refractivity contribution in [2.45, 2.75) is 24.4 Å². The van der Waals surface area contributed by atoms with Gasteiger partial charge in [-0.25, -0.2) is 0 Å².